The fourth-order valence-corrected chi connectivity index (χ4v) is 1.81. The lowest BCUT2D eigenvalue weighted by atomic mass is 10.1. The molecular formula is C15H16O2. The van der Waals surface area contributed by atoms with Gasteiger partial charge in [-0.1, -0.05) is 37.6 Å². The van der Waals surface area contributed by atoms with Crippen molar-refractivity contribution in [2.75, 3.05) is 0 Å². The molecular weight excluding hydrogens is 212 g/mol. The summed E-state index contributed by atoms with van der Waals surface area (Å²) in [6.45, 7) is 4.11. The first-order valence-corrected chi connectivity index (χ1v) is 5.97. The number of allylic oxidation sites excluding steroid dienone is 2. The van der Waals surface area contributed by atoms with Crippen LogP contribution < -0.4 is 0 Å². The Balaban J connectivity index is 2.34. The molecule has 0 aliphatic carbocycles. The normalized spacial score (nSPS) is 10.5. The Hall–Kier alpha value is -1.83. The second-order valence-electron chi connectivity index (χ2n) is 4.02. The average Bonchev–Trinajstić information content (AvgIpc) is 2.79. The topological polar surface area (TPSA) is 30.2 Å². The minimum absolute atomic E-state index is 0.0418. The molecule has 0 aliphatic heterocycles. The Kier molecular flexibility index (Phi) is 3.43. The van der Waals surface area contributed by atoms with Crippen molar-refractivity contribution in [2.24, 2.45) is 0 Å². The van der Waals surface area contributed by atoms with Crippen molar-refractivity contribution in [3.63, 3.8) is 0 Å². The smallest absolute Gasteiger partial charge is 0.220 e. The monoisotopic (exact) mass is 228 g/mol. The van der Waals surface area contributed by atoms with Gasteiger partial charge in [-0.3, -0.25) is 4.79 Å². The van der Waals surface area contributed by atoms with Crippen LogP contribution in [0.4, 0.5) is 0 Å². The maximum absolute atomic E-state index is 12.0. The predicted molar refractivity (Wildman–Crippen MR) is 69.2 cm³/mol. The molecule has 0 radical (unpaired) electrons. The van der Waals surface area contributed by atoms with Crippen LogP contribution in [-0.4, -0.2) is 5.78 Å². The van der Waals surface area contributed by atoms with Crippen LogP contribution in [0.1, 0.15) is 37.2 Å². The summed E-state index contributed by atoms with van der Waals surface area (Å²) >= 11 is 0. The van der Waals surface area contributed by atoms with E-state index in [1.807, 2.05) is 24.3 Å². The lowest BCUT2D eigenvalue weighted by molar-refractivity contribution is 0.102. The van der Waals surface area contributed by atoms with Crippen LogP contribution in [0.25, 0.3) is 11.0 Å². The summed E-state index contributed by atoms with van der Waals surface area (Å²) in [7, 11) is 0. The van der Waals surface area contributed by atoms with Crippen molar-refractivity contribution in [1.29, 1.82) is 0 Å². The molecule has 0 saturated carbocycles. The van der Waals surface area contributed by atoms with Crippen molar-refractivity contribution in [2.45, 2.75) is 26.7 Å². The summed E-state index contributed by atoms with van der Waals surface area (Å²) in [5.74, 6) is 0.380. The van der Waals surface area contributed by atoms with E-state index in [1.54, 1.807) is 12.1 Å². The van der Waals surface area contributed by atoms with Crippen molar-refractivity contribution < 1.29 is 9.21 Å². The second-order valence-corrected chi connectivity index (χ2v) is 4.02. The number of rotatable bonds is 4. The number of para-hydroxylation sites is 1. The first kappa shape index (κ1) is 11.6. The number of hydrogen-bond donors (Lipinski definition) is 0. The van der Waals surface area contributed by atoms with Gasteiger partial charge in [0.15, 0.2) is 5.76 Å². The van der Waals surface area contributed by atoms with Crippen LogP contribution in [0.5, 0.6) is 0 Å². The zero-order chi connectivity index (χ0) is 12.3. The van der Waals surface area contributed by atoms with Crippen molar-refractivity contribution in [3.8, 4) is 0 Å². The minimum atomic E-state index is -0.0418. The molecule has 0 amide bonds. The molecule has 0 bridgehead atoms. The van der Waals surface area contributed by atoms with Gasteiger partial charge in [0.25, 0.3) is 0 Å². The van der Waals surface area contributed by atoms with Crippen LogP contribution in [0, 0.1) is 0 Å². The van der Waals surface area contributed by atoms with E-state index in [4.69, 9.17) is 4.42 Å². The number of furan rings is 1. The highest BCUT2D eigenvalue weighted by Gasteiger charge is 2.10. The Labute approximate surface area is 101 Å². The van der Waals surface area contributed by atoms with Gasteiger partial charge in [0.05, 0.1) is 0 Å². The lowest BCUT2D eigenvalue weighted by Crippen LogP contribution is -1.93. The Bertz CT molecular complexity index is 522. The summed E-state index contributed by atoms with van der Waals surface area (Å²) < 4.78 is 5.53. The molecule has 0 atom stereocenters. The van der Waals surface area contributed by atoms with Gasteiger partial charge in [0, 0.05) is 5.39 Å². The third-order valence-electron chi connectivity index (χ3n) is 2.91. The van der Waals surface area contributed by atoms with Gasteiger partial charge in [-0.25, -0.2) is 0 Å². The molecule has 1 heterocycles. The van der Waals surface area contributed by atoms with Crippen LogP contribution in [0.2, 0.25) is 0 Å². The van der Waals surface area contributed by atoms with E-state index in [1.165, 1.54) is 0 Å². The molecule has 0 N–H and O–H groups in total. The molecule has 0 spiro atoms. The maximum atomic E-state index is 12.0. The molecule has 1 aromatic carbocycles. The largest absolute Gasteiger partial charge is 0.453 e. The molecule has 1 aromatic heterocycles. The zero-order valence-electron chi connectivity index (χ0n) is 10.2. The maximum Gasteiger partial charge on any atom is 0.220 e. The summed E-state index contributed by atoms with van der Waals surface area (Å²) in [6.07, 6.45) is 3.50. The molecule has 0 fully saturated rings. The van der Waals surface area contributed by atoms with Crippen LogP contribution in [0.15, 0.2) is 46.4 Å². The number of benzene rings is 1. The van der Waals surface area contributed by atoms with Crippen molar-refractivity contribution >= 4 is 16.8 Å². The third kappa shape index (κ3) is 2.47. The summed E-state index contributed by atoms with van der Waals surface area (Å²) in [5, 5.41) is 0.971. The first-order chi connectivity index (χ1) is 8.24. The molecule has 2 rings (SSSR count). The highest BCUT2D eigenvalue weighted by Crippen LogP contribution is 2.20. The van der Waals surface area contributed by atoms with E-state index in [9.17, 15) is 4.79 Å². The van der Waals surface area contributed by atoms with Crippen molar-refractivity contribution in [1.82, 2.24) is 0 Å². The molecule has 17 heavy (non-hydrogen) atoms. The average molecular weight is 228 g/mol. The lowest BCUT2D eigenvalue weighted by Gasteiger charge is -1.97. The number of carbonyl (C=O) groups is 1. The Morgan fingerprint density at radius 3 is 2.59 bits per heavy atom. The zero-order valence-corrected chi connectivity index (χ0v) is 10.2. The predicted octanol–water partition coefficient (Wildman–Crippen LogP) is 4.36. The SMILES string of the molecule is CCC(=CC(=O)c1cc2ccccc2o1)CC. The second kappa shape index (κ2) is 5.00. The van der Waals surface area contributed by atoms with Gasteiger partial charge in [0.2, 0.25) is 5.78 Å². The third-order valence-corrected chi connectivity index (χ3v) is 2.91. The van der Waals surface area contributed by atoms with E-state index in [0.717, 1.165) is 29.4 Å². The van der Waals surface area contributed by atoms with Crippen LogP contribution >= 0.6 is 0 Å². The quantitative estimate of drug-likeness (QED) is 0.574. The van der Waals surface area contributed by atoms with Gasteiger partial charge < -0.3 is 4.42 Å². The van der Waals surface area contributed by atoms with E-state index < -0.39 is 0 Å². The first-order valence-electron chi connectivity index (χ1n) is 5.97. The van der Waals surface area contributed by atoms with Crippen molar-refractivity contribution in [3.05, 3.63) is 47.7 Å². The van der Waals surface area contributed by atoms with Crippen LogP contribution in [-0.2, 0) is 0 Å². The summed E-state index contributed by atoms with van der Waals surface area (Å²) in [6, 6.07) is 9.46. The molecule has 2 aromatic rings. The Morgan fingerprint density at radius 1 is 1.24 bits per heavy atom. The van der Waals surface area contributed by atoms with Gasteiger partial charge >= 0.3 is 0 Å². The molecule has 0 unspecified atom stereocenters. The molecule has 2 heteroatoms. The van der Waals surface area contributed by atoms with Crippen LogP contribution in [0.3, 0.4) is 0 Å². The highest BCUT2D eigenvalue weighted by atomic mass is 16.3. The number of fused-ring (bicyclic) bond motifs is 1. The number of ketones is 1. The van der Waals surface area contributed by atoms with Gasteiger partial charge in [-0.15, -0.1) is 0 Å². The summed E-state index contributed by atoms with van der Waals surface area (Å²) in [4.78, 5) is 12.0. The fraction of sp³-hybridized carbons (Fsp3) is 0.267. The van der Waals surface area contributed by atoms with E-state index in [-0.39, 0.29) is 5.78 Å². The molecule has 2 nitrogen and oxygen atoms in total. The number of hydrogen-bond acceptors (Lipinski definition) is 2. The molecule has 0 saturated heterocycles. The van der Waals surface area contributed by atoms with Gasteiger partial charge in [-0.05, 0) is 31.1 Å². The molecule has 88 valence electrons. The summed E-state index contributed by atoms with van der Waals surface area (Å²) in [5.41, 5.74) is 1.91. The molecule has 0 aliphatic rings. The van der Waals surface area contributed by atoms with E-state index in [0.29, 0.717) is 5.76 Å². The van der Waals surface area contributed by atoms with E-state index in [2.05, 4.69) is 13.8 Å². The fourth-order valence-electron chi connectivity index (χ4n) is 1.81. The van der Waals surface area contributed by atoms with E-state index >= 15 is 0 Å². The standard InChI is InChI=1S/C15H16O2/c1-3-11(4-2)9-13(16)15-10-12-7-5-6-8-14(12)17-15/h5-10H,3-4H2,1-2H3. The minimum Gasteiger partial charge on any atom is -0.453 e. The van der Waals surface area contributed by atoms with Gasteiger partial charge in [-0.2, -0.15) is 0 Å². The van der Waals surface area contributed by atoms with Gasteiger partial charge in [0.1, 0.15) is 5.58 Å². The number of carbonyl (C=O) groups excluding carboxylic acids is 1. The highest BCUT2D eigenvalue weighted by molar-refractivity contribution is 6.05. The Morgan fingerprint density at radius 2 is 1.94 bits per heavy atom.